The van der Waals surface area contributed by atoms with Crippen molar-refractivity contribution in [2.45, 2.75) is 24.7 Å². The Bertz CT molecular complexity index is 1290. The predicted molar refractivity (Wildman–Crippen MR) is 120 cm³/mol. The lowest BCUT2D eigenvalue weighted by Gasteiger charge is -2.17. The first kappa shape index (κ1) is 22.9. The molecule has 5 nitrogen and oxygen atoms in total. The summed E-state index contributed by atoms with van der Waals surface area (Å²) >= 11 is 5.99. The van der Waals surface area contributed by atoms with E-state index in [1.807, 2.05) is 0 Å². The zero-order valence-corrected chi connectivity index (χ0v) is 18.4. The van der Waals surface area contributed by atoms with Crippen LogP contribution in [0.3, 0.4) is 0 Å². The van der Waals surface area contributed by atoms with Crippen molar-refractivity contribution in [3.63, 3.8) is 0 Å². The quantitative estimate of drug-likeness (QED) is 0.497. The molecule has 3 aromatic carbocycles. The summed E-state index contributed by atoms with van der Waals surface area (Å²) in [7, 11) is -3.81. The summed E-state index contributed by atoms with van der Waals surface area (Å²) in [6.45, 7) is 5.87. The maximum atomic E-state index is 13.9. The summed E-state index contributed by atoms with van der Waals surface area (Å²) in [4.78, 5) is 11.2. The van der Waals surface area contributed by atoms with Crippen LogP contribution in [-0.4, -0.2) is 26.0 Å². The molecule has 31 heavy (non-hydrogen) atoms. The number of rotatable bonds is 8. The van der Waals surface area contributed by atoms with Gasteiger partial charge in [-0.25, -0.2) is 17.5 Å². The van der Waals surface area contributed by atoms with Crippen molar-refractivity contribution in [3.8, 4) is 0 Å². The minimum atomic E-state index is -3.81. The smallest absolute Gasteiger partial charge is 0.307 e. The van der Waals surface area contributed by atoms with E-state index in [-0.39, 0.29) is 29.3 Å². The Kier molecular flexibility index (Phi) is 6.79. The molecule has 0 unspecified atom stereocenters. The van der Waals surface area contributed by atoms with Crippen LogP contribution in [0.2, 0.25) is 5.02 Å². The Morgan fingerprint density at radius 2 is 1.90 bits per heavy atom. The molecule has 0 atom stereocenters. The van der Waals surface area contributed by atoms with Gasteiger partial charge in [0.05, 0.1) is 11.4 Å². The van der Waals surface area contributed by atoms with Crippen LogP contribution >= 0.6 is 11.6 Å². The summed E-state index contributed by atoms with van der Waals surface area (Å²) < 4.78 is 41.5. The van der Waals surface area contributed by atoms with Crippen LogP contribution in [0.1, 0.15) is 23.1 Å². The molecule has 0 heterocycles. The van der Waals surface area contributed by atoms with Crippen molar-refractivity contribution in [1.29, 1.82) is 0 Å². The second-order valence-electron chi connectivity index (χ2n) is 7.15. The third kappa shape index (κ3) is 5.12. The van der Waals surface area contributed by atoms with E-state index in [1.54, 1.807) is 31.2 Å². The van der Waals surface area contributed by atoms with E-state index in [0.717, 1.165) is 0 Å². The van der Waals surface area contributed by atoms with Crippen LogP contribution in [0.5, 0.6) is 0 Å². The Hall–Kier alpha value is -2.74. The number of hydrogen-bond acceptors (Lipinski definition) is 3. The number of carbonyl (C=O) groups is 1. The number of nitrogens with one attached hydrogen (secondary N) is 1. The number of aliphatic carboxylic acids is 1. The molecule has 0 aliphatic heterocycles. The molecule has 2 N–H and O–H groups in total. The van der Waals surface area contributed by atoms with E-state index in [9.17, 15) is 22.7 Å². The molecule has 8 heteroatoms. The minimum absolute atomic E-state index is 0.0190. The predicted octanol–water partition coefficient (Wildman–Crippen LogP) is 4.95. The van der Waals surface area contributed by atoms with Crippen LogP contribution in [0, 0.1) is 12.7 Å². The standard InChI is InChI=1S/C23H21ClFNO4S/c1-14(9-10-26-31(29,30)21-6-4-3-5-20(21)24)23-15(2)17(12-22(27)28)11-16-7-8-18(25)13-19(16)23/h3-8,11,13,26H,1,9-10,12H2,2H3,(H,27,28). The third-order valence-corrected chi connectivity index (χ3v) is 6.97. The SMILES string of the molecule is C=C(CCNS(=O)(=O)c1ccccc1Cl)c1c(C)c(CC(=O)O)cc2ccc(F)cc12. The molecule has 0 bridgehead atoms. The molecule has 0 aromatic heterocycles. The van der Waals surface area contributed by atoms with Gasteiger partial charge in [0.15, 0.2) is 0 Å². The van der Waals surface area contributed by atoms with Crippen LogP contribution in [0.4, 0.5) is 4.39 Å². The van der Waals surface area contributed by atoms with Gasteiger partial charge in [0, 0.05) is 6.54 Å². The van der Waals surface area contributed by atoms with E-state index in [4.69, 9.17) is 11.6 Å². The number of benzene rings is 3. The average molecular weight is 462 g/mol. The highest BCUT2D eigenvalue weighted by Crippen LogP contribution is 2.33. The van der Waals surface area contributed by atoms with E-state index < -0.39 is 21.8 Å². The lowest BCUT2D eigenvalue weighted by atomic mass is 9.88. The fraction of sp³-hybridized carbons (Fsp3) is 0.174. The lowest BCUT2D eigenvalue weighted by Crippen LogP contribution is -2.25. The van der Waals surface area contributed by atoms with Crippen molar-refractivity contribution in [1.82, 2.24) is 4.72 Å². The van der Waals surface area contributed by atoms with Crippen LogP contribution in [0.15, 0.2) is 60.0 Å². The van der Waals surface area contributed by atoms with Gasteiger partial charge in [-0.15, -0.1) is 0 Å². The number of fused-ring (bicyclic) bond motifs is 1. The van der Waals surface area contributed by atoms with Crippen LogP contribution < -0.4 is 4.72 Å². The van der Waals surface area contributed by atoms with Crippen LogP contribution in [0.25, 0.3) is 16.3 Å². The van der Waals surface area contributed by atoms with E-state index in [1.165, 1.54) is 24.3 Å². The van der Waals surface area contributed by atoms with Crippen LogP contribution in [-0.2, 0) is 21.2 Å². The molecule has 0 spiro atoms. The summed E-state index contributed by atoms with van der Waals surface area (Å²) in [5, 5.41) is 10.6. The van der Waals surface area contributed by atoms with Gasteiger partial charge < -0.3 is 5.11 Å². The molecular weight excluding hydrogens is 441 g/mol. The maximum Gasteiger partial charge on any atom is 0.307 e. The molecule has 0 amide bonds. The van der Waals surface area contributed by atoms with Crippen molar-refractivity contribution in [2.24, 2.45) is 0 Å². The Labute approximate surface area is 185 Å². The first-order chi connectivity index (χ1) is 14.6. The summed E-state index contributed by atoms with van der Waals surface area (Å²) in [5.41, 5.74) is 2.48. The maximum absolute atomic E-state index is 13.9. The van der Waals surface area contributed by atoms with Gasteiger partial charge in [-0.3, -0.25) is 4.79 Å². The highest BCUT2D eigenvalue weighted by Gasteiger charge is 2.19. The normalized spacial score (nSPS) is 11.6. The second-order valence-corrected chi connectivity index (χ2v) is 9.30. The molecule has 0 aliphatic carbocycles. The van der Waals surface area contributed by atoms with Crippen molar-refractivity contribution in [3.05, 3.63) is 82.6 Å². The molecule has 0 radical (unpaired) electrons. The van der Waals surface area contributed by atoms with Gasteiger partial charge >= 0.3 is 5.97 Å². The first-order valence-electron chi connectivity index (χ1n) is 9.46. The van der Waals surface area contributed by atoms with Crippen molar-refractivity contribution >= 4 is 43.9 Å². The lowest BCUT2D eigenvalue weighted by molar-refractivity contribution is -0.136. The topological polar surface area (TPSA) is 83.5 Å². The number of carboxylic acids is 1. The van der Waals surface area contributed by atoms with Crippen molar-refractivity contribution in [2.75, 3.05) is 6.54 Å². The number of halogens is 2. The van der Waals surface area contributed by atoms with Gasteiger partial charge in [-0.2, -0.15) is 0 Å². The Morgan fingerprint density at radius 1 is 1.19 bits per heavy atom. The van der Waals surface area contributed by atoms with Gasteiger partial charge in [-0.05, 0) is 70.6 Å². The zero-order chi connectivity index (χ0) is 22.8. The Balaban J connectivity index is 1.89. The summed E-state index contributed by atoms with van der Waals surface area (Å²) in [5.74, 6) is -1.40. The molecule has 3 aromatic rings. The molecule has 0 saturated carbocycles. The Morgan fingerprint density at radius 3 is 2.58 bits per heavy atom. The number of hydrogen-bond donors (Lipinski definition) is 2. The third-order valence-electron chi connectivity index (χ3n) is 5.01. The molecule has 3 rings (SSSR count). The number of sulfonamides is 1. The molecule has 0 aliphatic rings. The highest BCUT2D eigenvalue weighted by atomic mass is 35.5. The first-order valence-corrected chi connectivity index (χ1v) is 11.3. The monoisotopic (exact) mass is 461 g/mol. The van der Waals surface area contributed by atoms with Gasteiger partial charge in [0.1, 0.15) is 10.7 Å². The fourth-order valence-corrected chi connectivity index (χ4v) is 5.08. The van der Waals surface area contributed by atoms with E-state index >= 15 is 0 Å². The fourth-order valence-electron chi connectivity index (χ4n) is 3.53. The molecule has 162 valence electrons. The summed E-state index contributed by atoms with van der Waals surface area (Å²) in [6, 6.07) is 12.1. The molecule has 0 saturated heterocycles. The number of carboxylic acid groups (broad SMARTS) is 1. The van der Waals surface area contributed by atoms with E-state index in [2.05, 4.69) is 11.3 Å². The molecular formula is C23H21ClFNO4S. The minimum Gasteiger partial charge on any atom is -0.481 e. The van der Waals surface area contributed by atoms with Gasteiger partial charge in [0.25, 0.3) is 0 Å². The summed E-state index contributed by atoms with van der Waals surface area (Å²) in [6.07, 6.45) is 0.0607. The van der Waals surface area contributed by atoms with E-state index in [0.29, 0.717) is 33.0 Å². The van der Waals surface area contributed by atoms with Crippen molar-refractivity contribution < 1.29 is 22.7 Å². The highest BCUT2D eigenvalue weighted by molar-refractivity contribution is 7.89. The molecule has 0 fully saturated rings. The second kappa shape index (κ2) is 9.18. The van der Waals surface area contributed by atoms with Gasteiger partial charge in [0.2, 0.25) is 10.0 Å². The average Bonchev–Trinajstić information content (AvgIpc) is 2.68. The zero-order valence-electron chi connectivity index (χ0n) is 16.8. The largest absolute Gasteiger partial charge is 0.481 e. The van der Waals surface area contributed by atoms with Gasteiger partial charge in [-0.1, -0.05) is 42.4 Å².